The van der Waals surface area contributed by atoms with Crippen molar-refractivity contribution in [1.29, 1.82) is 0 Å². The second-order valence-electron chi connectivity index (χ2n) is 2.57. The molecule has 0 fully saturated rings. The third-order valence-corrected chi connectivity index (χ3v) is 3.25. The van der Waals surface area contributed by atoms with E-state index in [9.17, 15) is 4.79 Å². The summed E-state index contributed by atoms with van der Waals surface area (Å²) in [5.74, 6) is 1.59. The fourth-order valence-electron chi connectivity index (χ4n) is 1.06. The summed E-state index contributed by atoms with van der Waals surface area (Å²) in [4.78, 5) is 16.1. The highest BCUT2D eigenvalue weighted by Crippen LogP contribution is 2.17. The van der Waals surface area contributed by atoms with Crippen molar-refractivity contribution in [2.75, 3.05) is 0 Å². The standard InChI is InChI=1S/C8H8N2OS2/c1-6(11)13-5-7-9-4-8-10(7)2-3-12-8/h2-4H,5H2,1H3. The zero-order valence-corrected chi connectivity index (χ0v) is 8.69. The van der Waals surface area contributed by atoms with E-state index in [2.05, 4.69) is 4.98 Å². The van der Waals surface area contributed by atoms with E-state index in [1.807, 2.05) is 22.2 Å². The summed E-state index contributed by atoms with van der Waals surface area (Å²) in [6.45, 7) is 1.57. The van der Waals surface area contributed by atoms with Gasteiger partial charge in [-0.2, -0.15) is 0 Å². The van der Waals surface area contributed by atoms with Gasteiger partial charge in [0.2, 0.25) is 0 Å². The molecule has 2 heterocycles. The topological polar surface area (TPSA) is 34.4 Å². The summed E-state index contributed by atoms with van der Waals surface area (Å²) in [6.07, 6.45) is 3.81. The number of thioether (sulfide) groups is 1. The highest BCUT2D eigenvalue weighted by atomic mass is 32.2. The lowest BCUT2D eigenvalue weighted by molar-refractivity contribution is -0.109. The number of carbonyl (C=O) groups excluding carboxylic acids is 1. The van der Waals surface area contributed by atoms with Crippen molar-refractivity contribution in [3.05, 3.63) is 23.6 Å². The first kappa shape index (κ1) is 8.77. The first-order valence-corrected chi connectivity index (χ1v) is 5.66. The molecule has 0 atom stereocenters. The molecule has 0 spiro atoms. The Kier molecular flexibility index (Phi) is 2.37. The lowest BCUT2D eigenvalue weighted by Gasteiger charge is -1.94. The number of hydrogen-bond acceptors (Lipinski definition) is 4. The number of aromatic nitrogens is 2. The molecule has 0 unspecified atom stereocenters. The van der Waals surface area contributed by atoms with Crippen molar-refractivity contribution in [3.8, 4) is 0 Å². The van der Waals surface area contributed by atoms with Crippen LogP contribution in [-0.2, 0) is 10.5 Å². The van der Waals surface area contributed by atoms with E-state index in [1.54, 1.807) is 18.3 Å². The lowest BCUT2D eigenvalue weighted by Crippen LogP contribution is -1.91. The maximum atomic E-state index is 10.7. The number of carbonyl (C=O) groups is 1. The Morgan fingerprint density at radius 1 is 1.77 bits per heavy atom. The van der Waals surface area contributed by atoms with Crippen LogP contribution in [0.3, 0.4) is 0 Å². The molecule has 0 radical (unpaired) electrons. The molecule has 0 aliphatic carbocycles. The fourth-order valence-corrected chi connectivity index (χ4v) is 2.32. The van der Waals surface area contributed by atoms with Gasteiger partial charge in [0.25, 0.3) is 0 Å². The molecule has 2 rings (SSSR count). The largest absolute Gasteiger partial charge is 0.294 e. The smallest absolute Gasteiger partial charge is 0.186 e. The van der Waals surface area contributed by atoms with Crippen molar-refractivity contribution in [3.63, 3.8) is 0 Å². The third-order valence-electron chi connectivity index (χ3n) is 1.64. The van der Waals surface area contributed by atoms with E-state index >= 15 is 0 Å². The summed E-state index contributed by atoms with van der Waals surface area (Å²) in [5.41, 5.74) is 0. The van der Waals surface area contributed by atoms with Gasteiger partial charge in [-0.05, 0) is 0 Å². The number of rotatable bonds is 2. The minimum atomic E-state index is 0.131. The van der Waals surface area contributed by atoms with E-state index < -0.39 is 0 Å². The minimum absolute atomic E-state index is 0.131. The van der Waals surface area contributed by atoms with Gasteiger partial charge in [-0.1, -0.05) is 11.8 Å². The van der Waals surface area contributed by atoms with Crippen LogP contribution >= 0.6 is 23.1 Å². The molecule has 5 heteroatoms. The van der Waals surface area contributed by atoms with Crippen molar-refractivity contribution in [1.82, 2.24) is 9.38 Å². The van der Waals surface area contributed by atoms with E-state index in [4.69, 9.17) is 0 Å². The van der Waals surface area contributed by atoms with Crippen LogP contribution in [0, 0.1) is 0 Å². The van der Waals surface area contributed by atoms with Gasteiger partial charge < -0.3 is 0 Å². The monoisotopic (exact) mass is 212 g/mol. The molecule has 3 nitrogen and oxygen atoms in total. The summed E-state index contributed by atoms with van der Waals surface area (Å²) >= 11 is 2.94. The molecule has 0 saturated carbocycles. The number of imidazole rings is 1. The molecule has 0 amide bonds. The van der Waals surface area contributed by atoms with Gasteiger partial charge in [0.15, 0.2) is 5.12 Å². The predicted molar refractivity (Wildman–Crippen MR) is 55.0 cm³/mol. The van der Waals surface area contributed by atoms with Crippen molar-refractivity contribution >= 4 is 33.0 Å². The molecule has 0 saturated heterocycles. The van der Waals surface area contributed by atoms with Crippen LogP contribution in [0.2, 0.25) is 0 Å². The SMILES string of the molecule is CC(=O)SCc1ncc2sccn12. The van der Waals surface area contributed by atoms with Crippen LogP contribution in [0.1, 0.15) is 12.7 Å². The maximum Gasteiger partial charge on any atom is 0.186 e. The molecule has 2 aromatic rings. The van der Waals surface area contributed by atoms with Crippen LogP contribution in [0.5, 0.6) is 0 Å². The van der Waals surface area contributed by atoms with Crippen LogP contribution in [0.15, 0.2) is 17.8 Å². The van der Waals surface area contributed by atoms with Crippen molar-refractivity contribution < 1.29 is 4.79 Å². The zero-order valence-electron chi connectivity index (χ0n) is 7.06. The minimum Gasteiger partial charge on any atom is -0.294 e. The quantitative estimate of drug-likeness (QED) is 0.765. The number of nitrogens with zero attached hydrogens (tertiary/aromatic N) is 2. The Morgan fingerprint density at radius 3 is 3.38 bits per heavy atom. The second kappa shape index (κ2) is 3.51. The molecule has 0 aromatic carbocycles. The van der Waals surface area contributed by atoms with Crippen LogP contribution in [0.25, 0.3) is 4.83 Å². The Labute approximate surface area is 83.8 Å². The molecule has 68 valence electrons. The maximum absolute atomic E-state index is 10.7. The van der Waals surface area contributed by atoms with Crippen LogP contribution < -0.4 is 0 Å². The van der Waals surface area contributed by atoms with Gasteiger partial charge in [-0.3, -0.25) is 9.20 Å². The summed E-state index contributed by atoms with van der Waals surface area (Å²) in [7, 11) is 0. The van der Waals surface area contributed by atoms with Gasteiger partial charge >= 0.3 is 0 Å². The Morgan fingerprint density at radius 2 is 2.62 bits per heavy atom. The van der Waals surface area contributed by atoms with E-state index in [0.29, 0.717) is 5.75 Å². The summed E-state index contributed by atoms with van der Waals surface area (Å²) < 4.78 is 2.01. The fraction of sp³-hybridized carbons (Fsp3) is 0.250. The molecule has 0 aliphatic heterocycles. The van der Waals surface area contributed by atoms with Crippen LogP contribution in [0.4, 0.5) is 0 Å². The molecule has 13 heavy (non-hydrogen) atoms. The molecule has 0 bridgehead atoms. The average Bonchev–Trinajstić information content (AvgIpc) is 2.60. The zero-order chi connectivity index (χ0) is 9.26. The highest BCUT2D eigenvalue weighted by Gasteiger charge is 2.05. The number of thiazole rings is 1. The lowest BCUT2D eigenvalue weighted by atomic mass is 10.7. The predicted octanol–water partition coefficient (Wildman–Crippen LogP) is 2.18. The van der Waals surface area contributed by atoms with E-state index in [0.717, 1.165) is 10.7 Å². The first-order chi connectivity index (χ1) is 6.27. The molecular weight excluding hydrogens is 204 g/mol. The molecular formula is C8H8N2OS2. The highest BCUT2D eigenvalue weighted by molar-refractivity contribution is 8.12. The summed E-state index contributed by atoms with van der Waals surface area (Å²) in [5, 5.41) is 2.14. The summed E-state index contributed by atoms with van der Waals surface area (Å²) in [6, 6.07) is 0. The van der Waals surface area contributed by atoms with E-state index in [1.165, 1.54) is 11.8 Å². The van der Waals surface area contributed by atoms with Gasteiger partial charge in [0.1, 0.15) is 10.7 Å². The van der Waals surface area contributed by atoms with Gasteiger partial charge in [0.05, 0.1) is 11.9 Å². The molecule has 0 aliphatic rings. The Hall–Kier alpha value is -0.810. The van der Waals surface area contributed by atoms with E-state index in [-0.39, 0.29) is 5.12 Å². The average molecular weight is 212 g/mol. The Bertz CT molecular complexity index is 432. The van der Waals surface area contributed by atoms with Gasteiger partial charge in [-0.15, -0.1) is 11.3 Å². The normalized spacial score (nSPS) is 10.8. The van der Waals surface area contributed by atoms with Crippen molar-refractivity contribution in [2.45, 2.75) is 12.7 Å². The van der Waals surface area contributed by atoms with Crippen molar-refractivity contribution in [2.24, 2.45) is 0 Å². The molecule has 2 aromatic heterocycles. The number of hydrogen-bond donors (Lipinski definition) is 0. The van der Waals surface area contributed by atoms with Crippen LogP contribution in [-0.4, -0.2) is 14.5 Å². The molecule has 0 N–H and O–H groups in total. The second-order valence-corrected chi connectivity index (χ2v) is 4.64. The van der Waals surface area contributed by atoms with Gasteiger partial charge in [-0.25, -0.2) is 4.98 Å². The Balaban J connectivity index is 2.23. The third kappa shape index (κ3) is 1.76. The number of fused-ring (bicyclic) bond motifs is 1. The van der Waals surface area contributed by atoms with Gasteiger partial charge in [0, 0.05) is 18.5 Å². The first-order valence-electron chi connectivity index (χ1n) is 3.80.